The van der Waals surface area contributed by atoms with E-state index in [1.54, 1.807) is 12.3 Å². The molecule has 16 heavy (non-hydrogen) atoms. The summed E-state index contributed by atoms with van der Waals surface area (Å²) in [6.07, 6.45) is 5.33. The molecule has 1 fully saturated rings. The second-order valence-corrected chi connectivity index (χ2v) is 3.94. The number of carbonyl (C=O) groups is 1. The maximum atomic E-state index is 11.2. The fourth-order valence-electron chi connectivity index (χ4n) is 1.93. The summed E-state index contributed by atoms with van der Waals surface area (Å²) in [5.74, 6) is 0.616. The zero-order chi connectivity index (χ0) is 11.4. The van der Waals surface area contributed by atoms with Crippen molar-refractivity contribution < 1.29 is 9.53 Å². The number of methoxy groups -OCH3 is 1. The first kappa shape index (κ1) is 10.9. The van der Waals surface area contributed by atoms with E-state index in [1.807, 2.05) is 6.07 Å². The number of anilines is 1. The van der Waals surface area contributed by atoms with Gasteiger partial charge in [-0.3, -0.25) is 0 Å². The Morgan fingerprint density at radius 1 is 1.31 bits per heavy atom. The van der Waals surface area contributed by atoms with Crippen molar-refractivity contribution in [2.45, 2.75) is 19.3 Å². The van der Waals surface area contributed by atoms with Gasteiger partial charge in [0.25, 0.3) is 0 Å². The highest BCUT2D eigenvalue weighted by molar-refractivity contribution is 5.89. The third-order valence-corrected chi connectivity index (χ3v) is 2.85. The molecule has 0 N–H and O–H groups in total. The first-order chi connectivity index (χ1) is 7.81. The Bertz CT molecular complexity index is 356. The van der Waals surface area contributed by atoms with Crippen LogP contribution in [0.3, 0.4) is 0 Å². The van der Waals surface area contributed by atoms with Gasteiger partial charge in [-0.25, -0.2) is 9.78 Å². The van der Waals surface area contributed by atoms with Crippen LogP contribution in [-0.4, -0.2) is 31.2 Å². The van der Waals surface area contributed by atoms with E-state index >= 15 is 0 Å². The Morgan fingerprint density at radius 3 is 2.62 bits per heavy atom. The Hall–Kier alpha value is -1.58. The van der Waals surface area contributed by atoms with Gasteiger partial charge in [0.2, 0.25) is 0 Å². The van der Waals surface area contributed by atoms with Crippen molar-refractivity contribution in [3.05, 3.63) is 23.9 Å². The van der Waals surface area contributed by atoms with Crippen LogP contribution >= 0.6 is 0 Å². The number of hydrogen-bond donors (Lipinski definition) is 0. The zero-order valence-electron chi connectivity index (χ0n) is 9.48. The molecule has 86 valence electrons. The average Bonchev–Trinajstić information content (AvgIpc) is 2.39. The van der Waals surface area contributed by atoms with Crippen LogP contribution in [0, 0.1) is 0 Å². The highest BCUT2D eigenvalue weighted by Gasteiger charge is 2.12. The molecule has 2 heterocycles. The number of rotatable bonds is 2. The largest absolute Gasteiger partial charge is 0.465 e. The second kappa shape index (κ2) is 4.96. The lowest BCUT2D eigenvalue weighted by Crippen LogP contribution is -2.30. The summed E-state index contributed by atoms with van der Waals surface area (Å²) in [7, 11) is 1.38. The van der Waals surface area contributed by atoms with Crippen LogP contribution in [0.25, 0.3) is 0 Å². The lowest BCUT2D eigenvalue weighted by Gasteiger charge is -2.27. The predicted octanol–water partition coefficient (Wildman–Crippen LogP) is 1.86. The molecule has 4 heteroatoms. The average molecular weight is 220 g/mol. The van der Waals surface area contributed by atoms with Crippen LogP contribution in [0.5, 0.6) is 0 Å². The molecule has 1 saturated heterocycles. The Morgan fingerprint density at radius 2 is 2.06 bits per heavy atom. The first-order valence-corrected chi connectivity index (χ1v) is 5.60. The molecule has 0 saturated carbocycles. The molecular formula is C12H16N2O2. The number of hydrogen-bond acceptors (Lipinski definition) is 4. The lowest BCUT2D eigenvalue weighted by molar-refractivity contribution is 0.0600. The standard InChI is InChI=1S/C12H16N2O2/c1-16-12(15)10-5-6-11(13-9-10)14-7-3-2-4-8-14/h5-6,9H,2-4,7-8H2,1H3. The number of aromatic nitrogens is 1. The molecule has 1 aromatic heterocycles. The van der Waals surface area contributed by atoms with E-state index in [0.717, 1.165) is 18.9 Å². The van der Waals surface area contributed by atoms with Gasteiger partial charge in [-0.15, -0.1) is 0 Å². The molecular weight excluding hydrogens is 204 g/mol. The molecule has 0 aromatic carbocycles. The van der Waals surface area contributed by atoms with Crippen molar-refractivity contribution in [1.82, 2.24) is 4.98 Å². The number of ether oxygens (including phenoxy) is 1. The maximum Gasteiger partial charge on any atom is 0.339 e. The van der Waals surface area contributed by atoms with Gasteiger partial charge in [-0.05, 0) is 31.4 Å². The smallest absolute Gasteiger partial charge is 0.339 e. The molecule has 0 aliphatic carbocycles. The quantitative estimate of drug-likeness (QED) is 0.713. The van der Waals surface area contributed by atoms with Crippen LogP contribution in [-0.2, 0) is 4.74 Å². The van der Waals surface area contributed by atoms with E-state index in [-0.39, 0.29) is 5.97 Å². The summed E-state index contributed by atoms with van der Waals surface area (Å²) >= 11 is 0. The predicted molar refractivity (Wildman–Crippen MR) is 61.6 cm³/mol. The number of carbonyl (C=O) groups excluding carboxylic acids is 1. The van der Waals surface area contributed by atoms with E-state index in [1.165, 1.54) is 26.4 Å². The van der Waals surface area contributed by atoms with Crippen molar-refractivity contribution in [1.29, 1.82) is 0 Å². The molecule has 1 aromatic rings. The minimum atomic E-state index is -0.335. The van der Waals surface area contributed by atoms with Crippen LogP contribution in [0.1, 0.15) is 29.6 Å². The topological polar surface area (TPSA) is 42.4 Å². The molecule has 2 rings (SSSR count). The van der Waals surface area contributed by atoms with Gasteiger partial charge in [0.15, 0.2) is 0 Å². The summed E-state index contributed by atoms with van der Waals surface area (Å²) in [4.78, 5) is 17.8. The van der Waals surface area contributed by atoms with Gasteiger partial charge in [-0.2, -0.15) is 0 Å². The van der Waals surface area contributed by atoms with Gasteiger partial charge in [0.1, 0.15) is 5.82 Å². The Kier molecular flexibility index (Phi) is 3.39. The maximum absolute atomic E-state index is 11.2. The molecule has 4 nitrogen and oxygen atoms in total. The normalized spacial score (nSPS) is 15.9. The molecule has 0 spiro atoms. The van der Waals surface area contributed by atoms with Crippen molar-refractivity contribution in [3.8, 4) is 0 Å². The number of pyridine rings is 1. The summed E-state index contributed by atoms with van der Waals surface area (Å²) < 4.78 is 4.63. The fourth-order valence-corrected chi connectivity index (χ4v) is 1.93. The van der Waals surface area contributed by atoms with Crippen molar-refractivity contribution in [2.24, 2.45) is 0 Å². The van der Waals surface area contributed by atoms with Crippen LogP contribution in [0.2, 0.25) is 0 Å². The van der Waals surface area contributed by atoms with Gasteiger partial charge in [0, 0.05) is 19.3 Å². The van der Waals surface area contributed by atoms with Crippen molar-refractivity contribution in [2.75, 3.05) is 25.1 Å². The first-order valence-electron chi connectivity index (χ1n) is 5.60. The van der Waals surface area contributed by atoms with E-state index in [2.05, 4.69) is 14.6 Å². The zero-order valence-corrected chi connectivity index (χ0v) is 9.48. The molecule has 1 aliphatic heterocycles. The monoisotopic (exact) mass is 220 g/mol. The van der Waals surface area contributed by atoms with Crippen LogP contribution < -0.4 is 4.90 Å². The van der Waals surface area contributed by atoms with E-state index in [4.69, 9.17) is 0 Å². The summed E-state index contributed by atoms with van der Waals surface area (Å²) in [5.41, 5.74) is 0.503. The second-order valence-electron chi connectivity index (χ2n) is 3.94. The van der Waals surface area contributed by atoms with Gasteiger partial charge >= 0.3 is 5.97 Å². The highest BCUT2D eigenvalue weighted by Crippen LogP contribution is 2.17. The minimum absolute atomic E-state index is 0.335. The number of esters is 1. The van der Waals surface area contributed by atoms with Crippen LogP contribution in [0.4, 0.5) is 5.82 Å². The Labute approximate surface area is 95.2 Å². The molecule has 0 amide bonds. The number of nitrogens with zero attached hydrogens (tertiary/aromatic N) is 2. The van der Waals surface area contributed by atoms with Crippen molar-refractivity contribution >= 4 is 11.8 Å². The van der Waals surface area contributed by atoms with Gasteiger partial charge < -0.3 is 9.64 Å². The van der Waals surface area contributed by atoms with Crippen molar-refractivity contribution in [3.63, 3.8) is 0 Å². The van der Waals surface area contributed by atoms with Gasteiger partial charge in [0.05, 0.1) is 12.7 Å². The molecule has 0 atom stereocenters. The summed E-state index contributed by atoms with van der Waals surface area (Å²) in [6, 6.07) is 3.65. The number of piperidine rings is 1. The Balaban J connectivity index is 2.09. The fraction of sp³-hybridized carbons (Fsp3) is 0.500. The third-order valence-electron chi connectivity index (χ3n) is 2.85. The van der Waals surface area contributed by atoms with Gasteiger partial charge in [-0.1, -0.05) is 0 Å². The minimum Gasteiger partial charge on any atom is -0.465 e. The summed E-state index contributed by atoms with van der Waals surface area (Å²) in [5, 5.41) is 0. The van der Waals surface area contributed by atoms with E-state index in [9.17, 15) is 4.79 Å². The molecule has 1 aliphatic rings. The molecule has 0 unspecified atom stereocenters. The summed E-state index contributed by atoms with van der Waals surface area (Å²) in [6.45, 7) is 2.12. The lowest BCUT2D eigenvalue weighted by atomic mass is 10.1. The third kappa shape index (κ3) is 2.32. The SMILES string of the molecule is COC(=O)c1ccc(N2CCCCC2)nc1. The highest BCUT2D eigenvalue weighted by atomic mass is 16.5. The van der Waals surface area contributed by atoms with E-state index < -0.39 is 0 Å². The van der Waals surface area contributed by atoms with E-state index in [0.29, 0.717) is 5.56 Å². The van der Waals surface area contributed by atoms with Crippen LogP contribution in [0.15, 0.2) is 18.3 Å². The molecule has 0 radical (unpaired) electrons. The molecule has 0 bridgehead atoms.